The van der Waals surface area contributed by atoms with Crippen LogP contribution in [0.5, 0.6) is 5.75 Å². The maximum atomic E-state index is 12.6. The molecule has 4 nitrogen and oxygen atoms in total. The summed E-state index contributed by atoms with van der Waals surface area (Å²) in [7, 11) is 0. The maximum absolute atomic E-state index is 12.6. The lowest BCUT2D eigenvalue weighted by atomic mass is 9.70. The van der Waals surface area contributed by atoms with Gasteiger partial charge in [-0.3, -0.25) is 9.69 Å². The number of piperidine rings is 1. The molecule has 132 valence electrons. The number of phenolic OH excluding ortho intramolecular Hbond substituents is 1. The van der Waals surface area contributed by atoms with E-state index in [0.29, 0.717) is 18.2 Å². The lowest BCUT2D eigenvalue weighted by Gasteiger charge is -2.43. The standard InChI is InChI=1S/C20H30N2O2/c1-20(21-19(24)15-22-13-5-2-6-14-22)12-4-3-7-18(20)16-8-10-17(23)11-9-16/h8-11,18,23H,2-7,12-15H2,1H3,(H,21,24)/t18-,20-/m1/s1. The number of carbonyl (C=O) groups excluding carboxylic acids is 1. The summed E-state index contributed by atoms with van der Waals surface area (Å²) in [4.78, 5) is 14.9. The van der Waals surface area contributed by atoms with Crippen LogP contribution in [0.3, 0.4) is 0 Å². The van der Waals surface area contributed by atoms with Gasteiger partial charge in [0.1, 0.15) is 5.75 Å². The van der Waals surface area contributed by atoms with Gasteiger partial charge in [0.2, 0.25) is 5.91 Å². The molecule has 1 heterocycles. The topological polar surface area (TPSA) is 52.6 Å². The molecule has 4 heteroatoms. The number of amides is 1. The highest BCUT2D eigenvalue weighted by molar-refractivity contribution is 5.79. The molecule has 2 aliphatic rings. The maximum Gasteiger partial charge on any atom is 0.234 e. The average molecular weight is 330 g/mol. The Hall–Kier alpha value is -1.55. The van der Waals surface area contributed by atoms with Gasteiger partial charge in [0, 0.05) is 11.5 Å². The molecule has 0 aromatic heterocycles. The number of rotatable bonds is 4. The van der Waals surface area contributed by atoms with Crippen molar-refractivity contribution in [3.05, 3.63) is 29.8 Å². The minimum absolute atomic E-state index is 0.157. The monoisotopic (exact) mass is 330 g/mol. The van der Waals surface area contributed by atoms with E-state index in [1.54, 1.807) is 12.1 Å². The van der Waals surface area contributed by atoms with Gasteiger partial charge in [0.05, 0.1) is 6.54 Å². The van der Waals surface area contributed by atoms with Gasteiger partial charge in [-0.05, 0) is 63.4 Å². The van der Waals surface area contributed by atoms with E-state index in [0.717, 1.165) is 32.4 Å². The highest BCUT2D eigenvalue weighted by atomic mass is 16.3. The second kappa shape index (κ2) is 7.56. The zero-order chi connectivity index (χ0) is 17.0. The highest BCUT2D eigenvalue weighted by Gasteiger charge is 2.38. The molecule has 24 heavy (non-hydrogen) atoms. The minimum atomic E-state index is -0.192. The Morgan fingerprint density at radius 3 is 2.58 bits per heavy atom. The van der Waals surface area contributed by atoms with Crippen LogP contribution in [0.2, 0.25) is 0 Å². The fourth-order valence-corrected chi connectivity index (χ4v) is 4.40. The Bertz CT molecular complexity index is 551. The van der Waals surface area contributed by atoms with Crippen molar-refractivity contribution in [2.24, 2.45) is 0 Å². The van der Waals surface area contributed by atoms with Crippen LogP contribution in [-0.4, -0.2) is 41.1 Å². The molecule has 2 N–H and O–H groups in total. The molecule has 1 saturated heterocycles. The summed E-state index contributed by atoms with van der Waals surface area (Å²) < 4.78 is 0. The number of aromatic hydroxyl groups is 1. The third-order valence-corrected chi connectivity index (χ3v) is 5.74. The van der Waals surface area contributed by atoms with Gasteiger partial charge in [-0.2, -0.15) is 0 Å². The van der Waals surface area contributed by atoms with Crippen molar-refractivity contribution in [3.63, 3.8) is 0 Å². The lowest BCUT2D eigenvalue weighted by Crippen LogP contribution is -2.54. The van der Waals surface area contributed by atoms with Crippen LogP contribution in [0.1, 0.15) is 63.4 Å². The molecule has 0 bridgehead atoms. The largest absolute Gasteiger partial charge is 0.508 e. The van der Waals surface area contributed by atoms with E-state index < -0.39 is 0 Å². The molecule has 3 rings (SSSR count). The molecular formula is C20H30N2O2. The predicted octanol–water partition coefficient (Wildman–Crippen LogP) is 3.41. The molecule has 1 aromatic rings. The Labute approximate surface area is 145 Å². The number of hydrogen-bond donors (Lipinski definition) is 2. The number of nitrogens with zero attached hydrogens (tertiary/aromatic N) is 1. The fraction of sp³-hybridized carbons (Fsp3) is 0.650. The highest BCUT2D eigenvalue weighted by Crippen LogP contribution is 2.41. The van der Waals surface area contributed by atoms with Crippen molar-refractivity contribution in [1.82, 2.24) is 10.2 Å². The van der Waals surface area contributed by atoms with E-state index in [2.05, 4.69) is 17.1 Å². The minimum Gasteiger partial charge on any atom is -0.508 e. The molecule has 0 radical (unpaired) electrons. The number of carbonyl (C=O) groups is 1. The molecule has 0 spiro atoms. The first kappa shape index (κ1) is 17.3. The van der Waals surface area contributed by atoms with E-state index in [4.69, 9.17) is 0 Å². The number of hydrogen-bond acceptors (Lipinski definition) is 3. The average Bonchev–Trinajstić information content (AvgIpc) is 2.57. The quantitative estimate of drug-likeness (QED) is 0.889. The van der Waals surface area contributed by atoms with Crippen molar-refractivity contribution in [3.8, 4) is 5.75 Å². The van der Waals surface area contributed by atoms with E-state index in [1.807, 2.05) is 12.1 Å². The van der Waals surface area contributed by atoms with Gasteiger partial charge in [0.15, 0.2) is 0 Å². The third-order valence-electron chi connectivity index (χ3n) is 5.74. The first-order valence-corrected chi connectivity index (χ1v) is 9.39. The van der Waals surface area contributed by atoms with Gasteiger partial charge < -0.3 is 10.4 Å². The van der Waals surface area contributed by atoms with Crippen LogP contribution in [0, 0.1) is 0 Å². The van der Waals surface area contributed by atoms with Crippen LogP contribution >= 0.6 is 0 Å². The Balaban J connectivity index is 1.67. The fourth-order valence-electron chi connectivity index (χ4n) is 4.40. The van der Waals surface area contributed by atoms with E-state index >= 15 is 0 Å². The molecule has 2 atom stereocenters. The second-order valence-electron chi connectivity index (χ2n) is 7.69. The summed E-state index contributed by atoms with van der Waals surface area (Å²) in [5.41, 5.74) is 1.02. The number of nitrogens with one attached hydrogen (secondary N) is 1. The van der Waals surface area contributed by atoms with E-state index in [9.17, 15) is 9.90 Å². The summed E-state index contributed by atoms with van der Waals surface area (Å²) in [5.74, 6) is 0.771. The summed E-state index contributed by atoms with van der Waals surface area (Å²) in [6.45, 7) is 4.81. The molecular weight excluding hydrogens is 300 g/mol. The van der Waals surface area contributed by atoms with Gasteiger partial charge >= 0.3 is 0 Å². The number of likely N-dealkylation sites (tertiary alicyclic amines) is 1. The molecule has 1 amide bonds. The molecule has 1 saturated carbocycles. The van der Waals surface area contributed by atoms with Crippen molar-refractivity contribution in [1.29, 1.82) is 0 Å². The first-order valence-electron chi connectivity index (χ1n) is 9.39. The zero-order valence-corrected chi connectivity index (χ0v) is 14.8. The SMILES string of the molecule is C[C@@]1(NC(=O)CN2CCCCC2)CCCC[C@@H]1c1ccc(O)cc1. The third kappa shape index (κ3) is 4.10. The smallest absolute Gasteiger partial charge is 0.234 e. The zero-order valence-electron chi connectivity index (χ0n) is 14.8. The molecule has 1 aliphatic carbocycles. The normalized spacial score (nSPS) is 28.5. The number of benzene rings is 1. The summed E-state index contributed by atoms with van der Waals surface area (Å²) >= 11 is 0. The van der Waals surface area contributed by atoms with Crippen LogP contribution in [0.15, 0.2) is 24.3 Å². The lowest BCUT2D eigenvalue weighted by molar-refractivity contribution is -0.124. The van der Waals surface area contributed by atoms with Gasteiger partial charge in [-0.1, -0.05) is 31.4 Å². The van der Waals surface area contributed by atoms with Gasteiger partial charge in [-0.15, -0.1) is 0 Å². The summed E-state index contributed by atoms with van der Waals surface area (Å²) in [6.07, 6.45) is 8.17. The second-order valence-corrected chi connectivity index (χ2v) is 7.69. The van der Waals surface area contributed by atoms with Crippen LogP contribution in [0.25, 0.3) is 0 Å². The summed E-state index contributed by atoms with van der Waals surface area (Å²) in [5, 5.41) is 12.9. The Morgan fingerprint density at radius 2 is 1.88 bits per heavy atom. The van der Waals surface area contributed by atoms with Crippen molar-refractivity contribution >= 4 is 5.91 Å². The van der Waals surface area contributed by atoms with Gasteiger partial charge in [-0.25, -0.2) is 0 Å². The Morgan fingerprint density at radius 1 is 1.17 bits per heavy atom. The molecule has 2 fully saturated rings. The molecule has 0 unspecified atom stereocenters. The number of phenols is 1. The first-order chi connectivity index (χ1) is 11.6. The molecule has 1 aliphatic heterocycles. The van der Waals surface area contributed by atoms with Crippen molar-refractivity contribution in [2.45, 2.75) is 63.3 Å². The Kier molecular flexibility index (Phi) is 5.44. The van der Waals surface area contributed by atoms with Crippen molar-refractivity contribution in [2.75, 3.05) is 19.6 Å². The predicted molar refractivity (Wildman–Crippen MR) is 96.2 cm³/mol. The van der Waals surface area contributed by atoms with Gasteiger partial charge in [0.25, 0.3) is 0 Å². The van der Waals surface area contributed by atoms with E-state index in [-0.39, 0.29) is 11.4 Å². The summed E-state index contributed by atoms with van der Waals surface area (Å²) in [6, 6.07) is 7.50. The van der Waals surface area contributed by atoms with Crippen LogP contribution in [-0.2, 0) is 4.79 Å². The van der Waals surface area contributed by atoms with Crippen LogP contribution < -0.4 is 5.32 Å². The van der Waals surface area contributed by atoms with Crippen LogP contribution in [0.4, 0.5) is 0 Å². The molecule has 1 aromatic carbocycles. The van der Waals surface area contributed by atoms with Crippen molar-refractivity contribution < 1.29 is 9.90 Å². The van der Waals surface area contributed by atoms with E-state index in [1.165, 1.54) is 31.2 Å².